The topological polar surface area (TPSA) is 182 Å². The van der Waals surface area contributed by atoms with E-state index in [-0.39, 0.29) is 30.5 Å². The van der Waals surface area contributed by atoms with Crippen LogP contribution < -0.4 is 24.8 Å². The molecular weight excluding hydrogens is 794 g/mol. The molecule has 1 saturated carbocycles. The minimum absolute atomic E-state index is 0.0630. The summed E-state index contributed by atoms with van der Waals surface area (Å²) in [5.74, 6) is -2.33. The zero-order valence-corrected chi connectivity index (χ0v) is 35.7. The summed E-state index contributed by atoms with van der Waals surface area (Å²) in [5.41, 5.74) is -1.19. The fraction of sp³-hybridized carbons (Fsp3) is 0.386. The molecule has 3 N–H and O–H groups in total. The Morgan fingerprint density at radius 3 is 2.28 bits per heavy atom. The average Bonchev–Trinajstić information content (AvgIpc) is 3.62. The molecule has 4 amide bonds. The van der Waals surface area contributed by atoms with Crippen molar-refractivity contribution in [2.45, 2.75) is 95.5 Å². The highest BCUT2D eigenvalue weighted by Crippen LogP contribution is 2.43. The number of pyridine rings is 1. The van der Waals surface area contributed by atoms with Gasteiger partial charge in [0.05, 0.1) is 29.8 Å². The average molecular weight is 844 g/mol. The Kier molecular flexibility index (Phi) is 11.8. The number of methoxy groups -OCH3 is 1. The van der Waals surface area contributed by atoms with E-state index in [1.807, 2.05) is 35.1 Å². The van der Waals surface area contributed by atoms with Gasteiger partial charge in [0.25, 0.3) is 15.9 Å². The number of alkyl carbamates (subject to hydrolysis) is 1. The summed E-state index contributed by atoms with van der Waals surface area (Å²) in [6.45, 7) is 15.5. The van der Waals surface area contributed by atoms with E-state index < -0.39 is 79.3 Å². The first-order valence-corrected chi connectivity index (χ1v) is 20.8. The Morgan fingerprint density at radius 2 is 1.67 bits per heavy atom. The molecule has 6 rings (SSSR count). The molecule has 1 aromatic heterocycles. The third-order valence-electron chi connectivity index (χ3n) is 10.3. The van der Waals surface area contributed by atoms with Crippen LogP contribution in [0.15, 0.2) is 89.8 Å². The number of likely N-dealkylation sites (tertiary alicyclic amines) is 1. The van der Waals surface area contributed by atoms with Gasteiger partial charge in [0.15, 0.2) is 0 Å². The number of aromatic nitrogens is 1. The number of hydrogen-bond acceptors (Lipinski definition) is 10. The molecule has 2 aliphatic rings. The number of nitrogens with zero attached hydrogens (tertiary/aromatic N) is 2. The van der Waals surface area contributed by atoms with Crippen molar-refractivity contribution in [3.63, 3.8) is 0 Å². The van der Waals surface area contributed by atoms with Gasteiger partial charge in [0, 0.05) is 35.9 Å². The van der Waals surface area contributed by atoms with Crippen molar-refractivity contribution in [3.8, 4) is 22.8 Å². The van der Waals surface area contributed by atoms with Gasteiger partial charge in [-0.25, -0.2) is 27.3 Å². The smallest absolute Gasteiger partial charge is 0.408 e. The van der Waals surface area contributed by atoms with E-state index in [4.69, 9.17) is 19.2 Å². The van der Waals surface area contributed by atoms with Gasteiger partial charge in [0.2, 0.25) is 11.8 Å². The molecule has 3 aromatic carbocycles. The second-order valence-electron chi connectivity index (χ2n) is 17.2. The van der Waals surface area contributed by atoms with Gasteiger partial charge in [-0.1, -0.05) is 63.7 Å². The molecule has 1 aliphatic carbocycles. The minimum Gasteiger partial charge on any atom is -0.497 e. The van der Waals surface area contributed by atoms with Crippen molar-refractivity contribution in [2.75, 3.05) is 13.7 Å². The van der Waals surface area contributed by atoms with E-state index >= 15 is 0 Å². The number of nitrogens with one attached hydrogen (secondary N) is 3. The number of ether oxygens (including phenoxy) is 3. The summed E-state index contributed by atoms with van der Waals surface area (Å²) in [6, 6.07) is 17.3. The van der Waals surface area contributed by atoms with Crippen LogP contribution in [0, 0.1) is 18.2 Å². The molecule has 2 fully saturated rings. The van der Waals surface area contributed by atoms with Crippen molar-refractivity contribution in [1.29, 1.82) is 0 Å². The van der Waals surface area contributed by atoms with E-state index in [1.54, 1.807) is 72.9 Å². The van der Waals surface area contributed by atoms with Crippen molar-refractivity contribution in [3.05, 3.63) is 96.3 Å². The Labute approximate surface area is 348 Å². The number of sulfonamides is 1. The second kappa shape index (κ2) is 16.2. The number of rotatable bonds is 11. The Morgan fingerprint density at radius 1 is 0.983 bits per heavy atom. The predicted octanol–water partition coefficient (Wildman–Crippen LogP) is 5.97. The van der Waals surface area contributed by atoms with Crippen molar-refractivity contribution >= 4 is 44.7 Å². The SMILES string of the molecule is C=C1CC1(NC(=O)[C@@H]1C[C@@H](Oc2cc(-c3ccccc3)nc3cc(OC)ccc23)CN1C(=O)[C@@H](NC(=O)OC(C)(C)C)C(C)(C)C)C(=O)NS(=O)(=O)c1cc(F)ccc1C. The summed E-state index contributed by atoms with van der Waals surface area (Å²) < 4.78 is 60.3. The number of hydrogen-bond donors (Lipinski definition) is 3. The maximum atomic E-state index is 14.7. The van der Waals surface area contributed by atoms with Gasteiger partial charge in [-0.05, 0) is 68.5 Å². The summed E-state index contributed by atoms with van der Waals surface area (Å²) in [5, 5.41) is 6.01. The number of fused-ring (bicyclic) bond motifs is 1. The zero-order chi connectivity index (χ0) is 43.9. The molecule has 1 aliphatic heterocycles. The molecule has 4 atom stereocenters. The summed E-state index contributed by atoms with van der Waals surface area (Å²) in [4.78, 5) is 61.7. The van der Waals surface area contributed by atoms with E-state index in [9.17, 15) is 32.0 Å². The number of halogens is 1. The van der Waals surface area contributed by atoms with Gasteiger partial charge in [-0.15, -0.1) is 0 Å². The number of amides is 4. The van der Waals surface area contributed by atoms with E-state index in [1.165, 1.54) is 17.9 Å². The lowest BCUT2D eigenvalue weighted by Gasteiger charge is -2.36. The van der Waals surface area contributed by atoms with Crippen LogP contribution in [0.3, 0.4) is 0 Å². The zero-order valence-electron chi connectivity index (χ0n) is 34.8. The molecule has 1 unspecified atom stereocenters. The van der Waals surface area contributed by atoms with E-state index in [0.29, 0.717) is 28.1 Å². The Balaban J connectivity index is 1.34. The lowest BCUT2D eigenvalue weighted by atomic mass is 9.85. The van der Waals surface area contributed by atoms with Crippen LogP contribution in [-0.2, 0) is 29.1 Å². The molecular formula is C44H50FN5O9S. The van der Waals surface area contributed by atoms with Crippen LogP contribution in [-0.4, -0.2) is 85.1 Å². The number of carbonyl (C=O) groups is 4. The van der Waals surface area contributed by atoms with Crippen molar-refractivity contribution in [2.24, 2.45) is 5.41 Å². The number of carbonyl (C=O) groups excluding carboxylic acids is 4. The van der Waals surface area contributed by atoms with E-state index in [2.05, 4.69) is 17.2 Å². The highest BCUT2D eigenvalue weighted by molar-refractivity contribution is 7.90. The lowest BCUT2D eigenvalue weighted by molar-refractivity contribution is -0.142. The third-order valence-corrected chi connectivity index (χ3v) is 11.8. The highest BCUT2D eigenvalue weighted by Gasteiger charge is 2.58. The molecule has 318 valence electrons. The van der Waals surface area contributed by atoms with Crippen LogP contribution in [0.25, 0.3) is 22.2 Å². The van der Waals surface area contributed by atoms with Gasteiger partial charge < -0.3 is 29.7 Å². The maximum Gasteiger partial charge on any atom is 0.408 e. The summed E-state index contributed by atoms with van der Waals surface area (Å²) >= 11 is 0. The predicted molar refractivity (Wildman–Crippen MR) is 222 cm³/mol. The second-order valence-corrected chi connectivity index (χ2v) is 18.9. The summed E-state index contributed by atoms with van der Waals surface area (Å²) in [7, 11) is -3.03. The molecule has 0 radical (unpaired) electrons. The van der Waals surface area contributed by atoms with Gasteiger partial charge >= 0.3 is 6.09 Å². The fourth-order valence-corrected chi connectivity index (χ4v) is 8.37. The molecule has 2 heterocycles. The van der Waals surface area contributed by atoms with Crippen LogP contribution in [0.5, 0.6) is 11.5 Å². The van der Waals surface area contributed by atoms with Crippen LogP contribution in [0.1, 0.15) is 59.9 Å². The van der Waals surface area contributed by atoms with E-state index in [0.717, 1.165) is 17.7 Å². The Hall–Kier alpha value is -6.03. The van der Waals surface area contributed by atoms with Gasteiger partial charge in [-0.2, -0.15) is 0 Å². The number of benzene rings is 3. The molecule has 0 bridgehead atoms. The molecule has 16 heteroatoms. The first-order valence-electron chi connectivity index (χ1n) is 19.4. The molecule has 4 aromatic rings. The van der Waals surface area contributed by atoms with Crippen LogP contribution in [0.2, 0.25) is 0 Å². The fourth-order valence-electron chi connectivity index (χ4n) is 7.08. The maximum absolute atomic E-state index is 14.7. The molecule has 1 saturated heterocycles. The van der Waals surface area contributed by atoms with Crippen LogP contribution >= 0.6 is 0 Å². The monoisotopic (exact) mass is 843 g/mol. The molecule has 60 heavy (non-hydrogen) atoms. The third kappa shape index (κ3) is 9.38. The molecule has 14 nitrogen and oxygen atoms in total. The standard InChI is InChI=1S/C44H50FN5O9S/c1-25-15-16-28(45)19-36(25)60(55,56)49-40(53)44(23-26(44)2)48-38(51)34-21-30(24-50(34)39(52)37(42(3,4)5)47-41(54)59-43(6,7)8)58-35-22-32(27-13-11-10-12-14-27)46-33-20-29(57-9)17-18-31(33)35/h10-20,22,30,34,37H,2,21,23-24H2,1,3-9H3,(H,47,54)(H,48,51)(H,49,53)/t30-,34+,37-,44?/m1/s1. The van der Waals surface area contributed by atoms with Crippen molar-refractivity contribution < 1.29 is 46.2 Å². The van der Waals surface area contributed by atoms with Crippen LogP contribution in [0.4, 0.5) is 9.18 Å². The summed E-state index contributed by atoms with van der Waals surface area (Å²) in [6.07, 6.45) is -1.79. The van der Waals surface area contributed by atoms with Crippen molar-refractivity contribution in [1.82, 2.24) is 25.2 Å². The molecule has 0 spiro atoms. The quantitative estimate of drug-likeness (QED) is 0.152. The lowest BCUT2D eigenvalue weighted by Crippen LogP contribution is -2.60. The minimum atomic E-state index is -4.58. The first kappa shape index (κ1) is 43.5. The number of aryl methyl sites for hydroxylation is 1. The highest BCUT2D eigenvalue weighted by atomic mass is 32.2. The largest absolute Gasteiger partial charge is 0.497 e. The van der Waals surface area contributed by atoms with Gasteiger partial charge in [-0.3, -0.25) is 14.4 Å². The Bertz CT molecular complexity index is 2480. The normalized spacial score (nSPS) is 19.6. The van der Waals surface area contributed by atoms with Gasteiger partial charge in [0.1, 0.15) is 46.6 Å². The first-order chi connectivity index (χ1) is 28.0.